The van der Waals surface area contributed by atoms with Crippen molar-refractivity contribution in [3.05, 3.63) is 33.9 Å². The fourth-order valence-electron chi connectivity index (χ4n) is 1.70. The van der Waals surface area contributed by atoms with Crippen LogP contribution in [0, 0.1) is 10.1 Å². The van der Waals surface area contributed by atoms with Gasteiger partial charge in [0.15, 0.2) is 5.78 Å². The molecule has 2 rings (SSSR count). The first-order chi connectivity index (χ1) is 8.49. The topological polar surface area (TPSA) is 72.7 Å². The maximum Gasteiger partial charge on any atom is 0.270 e. The number of nitro benzene ring substituents is 1. The third-order valence-electron chi connectivity index (χ3n) is 2.46. The molecule has 18 heavy (non-hydrogen) atoms. The number of non-ortho nitro benzene ring substituents is 1. The monoisotopic (exact) mass is 268 g/mol. The molecule has 6 nitrogen and oxygen atoms in total. The van der Waals surface area contributed by atoms with E-state index in [1.54, 1.807) is 0 Å². The summed E-state index contributed by atoms with van der Waals surface area (Å²) in [5.74, 6) is 0.292. The molecule has 1 aromatic rings. The second kappa shape index (κ2) is 4.95. The van der Waals surface area contributed by atoms with E-state index in [1.807, 2.05) is 18.4 Å². The molecule has 0 saturated heterocycles. The molecule has 0 spiro atoms. The summed E-state index contributed by atoms with van der Waals surface area (Å²) < 4.78 is 7.26. The predicted octanol–water partition coefficient (Wildman–Crippen LogP) is 1.75. The Kier molecular flexibility index (Phi) is 3.53. The van der Waals surface area contributed by atoms with Crippen LogP contribution >= 0.6 is 11.9 Å². The number of ketones is 1. The Hall–Kier alpha value is -1.60. The second-order valence-electron chi connectivity index (χ2n) is 4.02. The number of carbonyl (C=O) groups is 1. The molecule has 1 heterocycles. The Morgan fingerprint density at radius 1 is 1.50 bits per heavy atom. The highest BCUT2D eigenvalue weighted by atomic mass is 32.2. The van der Waals surface area contributed by atoms with Crippen LogP contribution in [0.4, 0.5) is 5.69 Å². The minimum Gasteiger partial charge on any atom is -0.491 e. The normalized spacial score (nSPS) is 18.4. The van der Waals surface area contributed by atoms with E-state index in [4.69, 9.17) is 4.74 Å². The molecule has 1 aromatic carbocycles. The predicted molar refractivity (Wildman–Crippen MR) is 68.0 cm³/mol. The number of hydrogen-bond donors (Lipinski definition) is 0. The fraction of sp³-hybridized carbons (Fsp3) is 0.364. The zero-order chi connectivity index (χ0) is 13.3. The highest BCUT2D eigenvalue weighted by molar-refractivity contribution is 7.98. The van der Waals surface area contributed by atoms with Gasteiger partial charge in [-0.25, -0.2) is 0 Å². The largest absolute Gasteiger partial charge is 0.491 e. The smallest absolute Gasteiger partial charge is 0.270 e. The maximum absolute atomic E-state index is 12.2. The summed E-state index contributed by atoms with van der Waals surface area (Å²) in [6.45, 7) is 0.284. The molecule has 0 amide bonds. The average molecular weight is 268 g/mol. The van der Waals surface area contributed by atoms with Crippen LogP contribution in [0.2, 0.25) is 0 Å². The van der Waals surface area contributed by atoms with E-state index in [9.17, 15) is 14.9 Å². The number of benzene rings is 1. The third kappa shape index (κ3) is 2.46. The van der Waals surface area contributed by atoms with Gasteiger partial charge in [-0.1, -0.05) is 11.9 Å². The van der Waals surface area contributed by atoms with E-state index in [0.29, 0.717) is 5.75 Å². The van der Waals surface area contributed by atoms with Crippen LogP contribution in [-0.2, 0) is 0 Å². The Morgan fingerprint density at radius 2 is 2.22 bits per heavy atom. The van der Waals surface area contributed by atoms with Gasteiger partial charge in [0.1, 0.15) is 17.6 Å². The molecule has 0 saturated carbocycles. The van der Waals surface area contributed by atoms with E-state index in [2.05, 4.69) is 0 Å². The molecule has 0 radical (unpaired) electrons. The van der Waals surface area contributed by atoms with Crippen molar-refractivity contribution in [2.24, 2.45) is 0 Å². The summed E-state index contributed by atoms with van der Waals surface area (Å²) in [7, 11) is 3.67. The summed E-state index contributed by atoms with van der Waals surface area (Å²) in [5.41, 5.74) is 0.191. The molecule has 1 aliphatic rings. The molecule has 1 unspecified atom stereocenters. The van der Waals surface area contributed by atoms with Gasteiger partial charge >= 0.3 is 0 Å². The Bertz CT molecular complexity index is 504. The van der Waals surface area contributed by atoms with Crippen LogP contribution in [0.15, 0.2) is 18.2 Å². The van der Waals surface area contributed by atoms with Crippen molar-refractivity contribution in [2.75, 3.05) is 20.7 Å². The van der Waals surface area contributed by atoms with Gasteiger partial charge in [0, 0.05) is 12.1 Å². The van der Waals surface area contributed by atoms with Gasteiger partial charge in [0.2, 0.25) is 0 Å². The Morgan fingerprint density at radius 3 is 2.83 bits per heavy atom. The number of rotatable bonds is 3. The number of fused-ring (bicyclic) bond motifs is 1. The molecule has 1 atom stereocenters. The molecule has 0 fully saturated rings. The van der Waals surface area contributed by atoms with E-state index in [1.165, 1.54) is 30.1 Å². The average Bonchev–Trinajstić information content (AvgIpc) is 2.32. The molecule has 0 aliphatic carbocycles. The van der Waals surface area contributed by atoms with Crippen molar-refractivity contribution in [3.8, 4) is 5.75 Å². The van der Waals surface area contributed by atoms with Crippen LogP contribution in [0.25, 0.3) is 0 Å². The van der Waals surface area contributed by atoms with Crippen molar-refractivity contribution >= 4 is 23.4 Å². The van der Waals surface area contributed by atoms with Gasteiger partial charge in [-0.05, 0) is 20.2 Å². The lowest BCUT2D eigenvalue weighted by atomic mass is 10.0. The minimum absolute atomic E-state index is 0.0961. The molecule has 7 heteroatoms. The summed E-state index contributed by atoms with van der Waals surface area (Å²) >= 11 is 1.35. The Balaban J connectivity index is 2.32. The fourth-order valence-corrected chi connectivity index (χ4v) is 2.56. The number of nitrogens with zero attached hydrogens (tertiary/aromatic N) is 2. The zero-order valence-electron chi connectivity index (χ0n) is 9.95. The molecular weight excluding hydrogens is 256 g/mol. The SMILES string of the molecule is CN(C)SC1COc2ccc([N+](=O)[O-])cc2C1=O. The van der Waals surface area contributed by atoms with Gasteiger partial charge in [-0.15, -0.1) is 0 Å². The van der Waals surface area contributed by atoms with Crippen molar-refractivity contribution < 1.29 is 14.5 Å². The van der Waals surface area contributed by atoms with Crippen LogP contribution in [0.5, 0.6) is 5.75 Å². The lowest BCUT2D eigenvalue weighted by molar-refractivity contribution is -0.384. The molecule has 0 bridgehead atoms. The number of Topliss-reactive ketones (excluding diaryl/α,β-unsaturated/α-hetero) is 1. The van der Waals surface area contributed by atoms with E-state index >= 15 is 0 Å². The minimum atomic E-state index is -0.518. The Labute approximate surface area is 108 Å². The lowest BCUT2D eigenvalue weighted by Crippen LogP contribution is -2.32. The second-order valence-corrected chi connectivity index (χ2v) is 5.53. The number of carbonyl (C=O) groups excluding carboxylic acids is 1. The first-order valence-electron chi connectivity index (χ1n) is 5.28. The summed E-state index contributed by atoms with van der Waals surface area (Å²) in [4.78, 5) is 22.4. The third-order valence-corrected chi connectivity index (χ3v) is 3.49. The van der Waals surface area contributed by atoms with E-state index < -0.39 is 4.92 Å². The maximum atomic E-state index is 12.2. The van der Waals surface area contributed by atoms with Crippen molar-refractivity contribution in [1.82, 2.24) is 4.31 Å². The van der Waals surface area contributed by atoms with Gasteiger partial charge in [0.25, 0.3) is 5.69 Å². The first-order valence-corrected chi connectivity index (χ1v) is 6.12. The van der Waals surface area contributed by atoms with Gasteiger partial charge in [-0.3, -0.25) is 19.2 Å². The van der Waals surface area contributed by atoms with E-state index in [-0.39, 0.29) is 28.9 Å². The highest BCUT2D eigenvalue weighted by Gasteiger charge is 2.31. The number of nitro groups is 1. The quantitative estimate of drug-likeness (QED) is 0.472. The van der Waals surface area contributed by atoms with Crippen LogP contribution < -0.4 is 4.74 Å². The van der Waals surface area contributed by atoms with E-state index in [0.717, 1.165) is 0 Å². The van der Waals surface area contributed by atoms with Crippen LogP contribution in [0.3, 0.4) is 0 Å². The standard InChI is InChI=1S/C11H12N2O4S/c1-12(2)18-10-6-17-9-4-3-7(13(15)16)5-8(9)11(10)14/h3-5,10H,6H2,1-2H3. The summed E-state index contributed by atoms with van der Waals surface area (Å²) in [6, 6.07) is 4.09. The molecule has 0 aromatic heterocycles. The molecule has 0 N–H and O–H groups in total. The summed E-state index contributed by atoms with van der Waals surface area (Å²) in [6.07, 6.45) is 0. The molecule has 96 valence electrons. The van der Waals surface area contributed by atoms with Gasteiger partial charge in [0.05, 0.1) is 10.5 Å². The van der Waals surface area contributed by atoms with Crippen molar-refractivity contribution in [3.63, 3.8) is 0 Å². The summed E-state index contributed by atoms with van der Waals surface area (Å²) in [5, 5.41) is 10.3. The van der Waals surface area contributed by atoms with Crippen LogP contribution in [-0.4, -0.2) is 41.0 Å². The zero-order valence-corrected chi connectivity index (χ0v) is 10.8. The van der Waals surface area contributed by atoms with Gasteiger partial charge < -0.3 is 4.74 Å². The highest BCUT2D eigenvalue weighted by Crippen LogP contribution is 2.32. The molecule has 1 aliphatic heterocycles. The van der Waals surface area contributed by atoms with Crippen LogP contribution in [0.1, 0.15) is 10.4 Å². The van der Waals surface area contributed by atoms with Gasteiger partial charge in [-0.2, -0.15) is 0 Å². The lowest BCUT2D eigenvalue weighted by Gasteiger charge is -2.25. The van der Waals surface area contributed by atoms with Crippen molar-refractivity contribution in [1.29, 1.82) is 0 Å². The number of ether oxygens (including phenoxy) is 1. The molecular formula is C11H12N2O4S. The number of hydrogen-bond acceptors (Lipinski definition) is 6. The first kappa shape index (κ1) is 12.8. The van der Waals surface area contributed by atoms with Crippen molar-refractivity contribution in [2.45, 2.75) is 5.25 Å².